The van der Waals surface area contributed by atoms with Crippen LogP contribution < -0.4 is 0 Å². The van der Waals surface area contributed by atoms with E-state index in [2.05, 4.69) is 25.4 Å². The molecule has 0 saturated heterocycles. The first-order valence-corrected chi connectivity index (χ1v) is 7.48. The second kappa shape index (κ2) is 9.83. The van der Waals surface area contributed by atoms with Crippen LogP contribution in [0.2, 0.25) is 0 Å². The summed E-state index contributed by atoms with van der Waals surface area (Å²) >= 11 is 3.32. The molecular weight excluding hydrogens is 372 g/mol. The van der Waals surface area contributed by atoms with Crippen LogP contribution in [0.4, 0.5) is 4.79 Å². The molecule has 1 aromatic rings. The Kier molecular flexibility index (Phi) is 8.10. The Morgan fingerprint density at radius 2 is 1.83 bits per heavy atom. The van der Waals surface area contributed by atoms with Crippen LogP contribution >= 0.6 is 15.9 Å². The molecule has 0 spiro atoms. The summed E-state index contributed by atoms with van der Waals surface area (Å²) in [6, 6.07) is 7.19. The van der Waals surface area contributed by atoms with Crippen molar-refractivity contribution in [2.24, 2.45) is 0 Å². The molecule has 0 N–H and O–H groups in total. The summed E-state index contributed by atoms with van der Waals surface area (Å²) in [5, 5.41) is 0. The average Bonchev–Trinajstić information content (AvgIpc) is 2.56. The van der Waals surface area contributed by atoms with E-state index in [0.717, 1.165) is 17.1 Å². The van der Waals surface area contributed by atoms with Crippen molar-refractivity contribution in [3.63, 3.8) is 0 Å². The third-order valence-electron chi connectivity index (χ3n) is 2.84. The maximum absolute atomic E-state index is 11.7. The molecule has 126 valence electrons. The molecule has 7 nitrogen and oxygen atoms in total. The van der Waals surface area contributed by atoms with Gasteiger partial charge < -0.3 is 18.9 Å². The second-order valence-electron chi connectivity index (χ2n) is 4.37. The van der Waals surface area contributed by atoms with E-state index in [0.29, 0.717) is 0 Å². The fourth-order valence-electron chi connectivity index (χ4n) is 1.61. The maximum Gasteiger partial charge on any atom is 0.509 e. The van der Waals surface area contributed by atoms with E-state index in [-0.39, 0.29) is 19.4 Å². The minimum Gasteiger partial charge on any atom is -0.469 e. The highest BCUT2D eigenvalue weighted by atomic mass is 79.9. The fourth-order valence-corrected chi connectivity index (χ4v) is 2.01. The lowest BCUT2D eigenvalue weighted by atomic mass is 10.2. The quantitative estimate of drug-likeness (QED) is 0.523. The van der Waals surface area contributed by atoms with Gasteiger partial charge in [0, 0.05) is 22.9 Å². The standard InChI is InChI=1S/C15H17BrO7/c1-20-13(17)8-7-12(14(18)21-2)23-15(19)22-9-10-5-3-4-6-11(10)16/h3-6,12H,7-9H2,1-2H3. The monoisotopic (exact) mass is 388 g/mol. The highest BCUT2D eigenvalue weighted by Gasteiger charge is 2.25. The van der Waals surface area contributed by atoms with Crippen LogP contribution in [0.5, 0.6) is 0 Å². The highest BCUT2D eigenvalue weighted by molar-refractivity contribution is 9.10. The Hall–Kier alpha value is -2.09. The number of hydrogen-bond acceptors (Lipinski definition) is 7. The van der Waals surface area contributed by atoms with E-state index in [9.17, 15) is 14.4 Å². The van der Waals surface area contributed by atoms with Gasteiger partial charge >= 0.3 is 18.1 Å². The molecule has 1 atom stereocenters. The van der Waals surface area contributed by atoms with Crippen LogP contribution in [-0.2, 0) is 35.1 Å². The number of methoxy groups -OCH3 is 2. The van der Waals surface area contributed by atoms with Crippen molar-refractivity contribution in [1.29, 1.82) is 0 Å². The molecule has 0 fully saturated rings. The van der Waals surface area contributed by atoms with E-state index >= 15 is 0 Å². The first kappa shape index (κ1) is 19.0. The SMILES string of the molecule is COC(=O)CCC(OC(=O)OCc1ccccc1Br)C(=O)OC. The third-order valence-corrected chi connectivity index (χ3v) is 3.62. The summed E-state index contributed by atoms with van der Waals surface area (Å²) in [6.45, 7) is -0.0227. The van der Waals surface area contributed by atoms with Gasteiger partial charge in [-0.15, -0.1) is 0 Å². The van der Waals surface area contributed by atoms with Crippen LogP contribution in [0.25, 0.3) is 0 Å². The lowest BCUT2D eigenvalue weighted by molar-refractivity contribution is -0.153. The number of halogens is 1. The van der Waals surface area contributed by atoms with Crippen LogP contribution in [-0.4, -0.2) is 38.4 Å². The number of ether oxygens (including phenoxy) is 4. The van der Waals surface area contributed by atoms with Gasteiger partial charge in [0.25, 0.3) is 0 Å². The van der Waals surface area contributed by atoms with Gasteiger partial charge in [0.2, 0.25) is 6.10 Å². The van der Waals surface area contributed by atoms with Gasteiger partial charge in [0.05, 0.1) is 14.2 Å². The van der Waals surface area contributed by atoms with Crippen molar-refractivity contribution < 1.29 is 33.3 Å². The van der Waals surface area contributed by atoms with Gasteiger partial charge in [-0.25, -0.2) is 9.59 Å². The first-order valence-electron chi connectivity index (χ1n) is 6.69. The van der Waals surface area contributed by atoms with Gasteiger partial charge in [0.15, 0.2) is 0 Å². The zero-order chi connectivity index (χ0) is 17.2. The average molecular weight is 389 g/mol. The van der Waals surface area contributed by atoms with E-state index in [4.69, 9.17) is 9.47 Å². The minimum absolute atomic E-state index is 0.0227. The van der Waals surface area contributed by atoms with Gasteiger partial charge in [-0.05, 0) is 6.07 Å². The molecule has 0 heterocycles. The fraction of sp³-hybridized carbons (Fsp3) is 0.400. The molecule has 0 bridgehead atoms. The normalized spacial score (nSPS) is 11.3. The van der Waals surface area contributed by atoms with E-state index < -0.39 is 24.2 Å². The molecule has 0 saturated carbocycles. The molecule has 0 aliphatic rings. The topological polar surface area (TPSA) is 88.1 Å². The highest BCUT2D eigenvalue weighted by Crippen LogP contribution is 2.17. The number of benzene rings is 1. The predicted octanol–water partition coefficient (Wildman–Crippen LogP) is 2.60. The van der Waals surface area contributed by atoms with Crippen molar-refractivity contribution in [1.82, 2.24) is 0 Å². The van der Waals surface area contributed by atoms with Crippen molar-refractivity contribution in [2.75, 3.05) is 14.2 Å². The molecule has 1 unspecified atom stereocenters. The molecule has 1 aromatic carbocycles. The Labute approximate surface area is 142 Å². The van der Waals surface area contributed by atoms with Crippen molar-refractivity contribution >= 4 is 34.0 Å². The molecule has 0 radical (unpaired) electrons. The molecule has 0 aromatic heterocycles. The van der Waals surface area contributed by atoms with Crippen LogP contribution in [0.3, 0.4) is 0 Å². The lowest BCUT2D eigenvalue weighted by Crippen LogP contribution is -2.29. The zero-order valence-corrected chi connectivity index (χ0v) is 14.3. The molecule has 1 rings (SSSR count). The summed E-state index contributed by atoms with van der Waals surface area (Å²) in [6.07, 6.45) is -2.40. The zero-order valence-electron chi connectivity index (χ0n) is 12.7. The molecule has 0 amide bonds. The molecular formula is C15H17BrO7. The second-order valence-corrected chi connectivity index (χ2v) is 5.23. The number of rotatable bonds is 7. The molecule has 0 aliphatic carbocycles. The van der Waals surface area contributed by atoms with Crippen molar-refractivity contribution in [3.8, 4) is 0 Å². The Balaban J connectivity index is 2.54. The summed E-state index contributed by atoms with van der Waals surface area (Å²) in [7, 11) is 2.38. The van der Waals surface area contributed by atoms with Crippen LogP contribution in [0.15, 0.2) is 28.7 Å². The number of carbonyl (C=O) groups excluding carboxylic acids is 3. The summed E-state index contributed by atoms with van der Waals surface area (Å²) in [4.78, 5) is 34.4. The van der Waals surface area contributed by atoms with E-state index in [1.54, 1.807) is 18.2 Å². The summed E-state index contributed by atoms with van der Waals surface area (Å²) < 4.78 is 19.6. The molecule has 23 heavy (non-hydrogen) atoms. The predicted molar refractivity (Wildman–Crippen MR) is 82.5 cm³/mol. The minimum atomic E-state index is -1.23. The van der Waals surface area contributed by atoms with Crippen LogP contribution in [0, 0.1) is 0 Å². The Bertz CT molecular complexity index is 559. The lowest BCUT2D eigenvalue weighted by Gasteiger charge is -2.15. The Morgan fingerprint density at radius 1 is 1.13 bits per heavy atom. The largest absolute Gasteiger partial charge is 0.509 e. The molecule has 8 heteroatoms. The van der Waals surface area contributed by atoms with Crippen molar-refractivity contribution in [3.05, 3.63) is 34.3 Å². The van der Waals surface area contributed by atoms with Gasteiger partial charge in [-0.1, -0.05) is 34.1 Å². The first-order chi connectivity index (χ1) is 11.0. The van der Waals surface area contributed by atoms with Crippen molar-refractivity contribution in [2.45, 2.75) is 25.6 Å². The third kappa shape index (κ3) is 6.68. The number of esters is 2. The van der Waals surface area contributed by atoms with E-state index in [1.807, 2.05) is 6.07 Å². The Morgan fingerprint density at radius 3 is 2.43 bits per heavy atom. The van der Waals surface area contributed by atoms with Crippen LogP contribution in [0.1, 0.15) is 18.4 Å². The summed E-state index contributed by atoms with van der Waals surface area (Å²) in [5.74, 6) is -1.30. The number of hydrogen-bond donors (Lipinski definition) is 0. The number of carbonyl (C=O) groups is 3. The van der Waals surface area contributed by atoms with Gasteiger partial charge in [-0.3, -0.25) is 4.79 Å². The maximum atomic E-state index is 11.7. The molecule has 0 aliphatic heterocycles. The van der Waals surface area contributed by atoms with E-state index in [1.165, 1.54) is 7.11 Å². The summed E-state index contributed by atoms with van der Waals surface area (Å²) in [5.41, 5.74) is 0.744. The van der Waals surface area contributed by atoms with Gasteiger partial charge in [-0.2, -0.15) is 0 Å². The van der Waals surface area contributed by atoms with Gasteiger partial charge in [0.1, 0.15) is 6.61 Å². The smallest absolute Gasteiger partial charge is 0.469 e.